The van der Waals surface area contributed by atoms with Crippen LogP contribution in [0.1, 0.15) is 17.7 Å². The van der Waals surface area contributed by atoms with Crippen molar-refractivity contribution in [3.63, 3.8) is 0 Å². The predicted molar refractivity (Wildman–Crippen MR) is 115 cm³/mol. The Morgan fingerprint density at radius 3 is 2.61 bits per heavy atom. The summed E-state index contributed by atoms with van der Waals surface area (Å²) in [5.41, 5.74) is -0.798. The van der Waals surface area contributed by atoms with E-state index in [1.54, 1.807) is 0 Å². The number of anilines is 1. The molecule has 2 aromatic rings. The van der Waals surface area contributed by atoms with Crippen molar-refractivity contribution < 1.29 is 39.7 Å². The van der Waals surface area contributed by atoms with Gasteiger partial charge in [0.05, 0.1) is 17.1 Å². The van der Waals surface area contributed by atoms with E-state index in [2.05, 4.69) is 30.0 Å². The number of sulfonamides is 1. The van der Waals surface area contributed by atoms with Crippen LogP contribution in [0.5, 0.6) is 0 Å². The minimum atomic E-state index is -3.81. The van der Waals surface area contributed by atoms with Crippen LogP contribution < -0.4 is 10.0 Å². The zero-order chi connectivity index (χ0) is 24.6. The van der Waals surface area contributed by atoms with Crippen LogP contribution in [0.25, 0.3) is 0 Å². The molecule has 0 aliphatic carbocycles. The summed E-state index contributed by atoms with van der Waals surface area (Å²) in [6.07, 6.45) is -2.12. The Hall–Kier alpha value is -2.21. The van der Waals surface area contributed by atoms with Crippen molar-refractivity contribution in [1.82, 2.24) is 15.0 Å². The van der Waals surface area contributed by atoms with Crippen LogP contribution in [0.3, 0.4) is 0 Å². The molecule has 1 aromatic heterocycles. The highest BCUT2D eigenvalue weighted by Gasteiger charge is 2.20. The van der Waals surface area contributed by atoms with Gasteiger partial charge in [-0.1, -0.05) is 11.8 Å². The Morgan fingerprint density at radius 2 is 1.97 bits per heavy atom. The van der Waals surface area contributed by atoms with Crippen molar-refractivity contribution in [1.29, 1.82) is 0 Å². The summed E-state index contributed by atoms with van der Waals surface area (Å²) in [6, 6.07) is 2.89. The average molecular weight is 532 g/mol. The van der Waals surface area contributed by atoms with Crippen LogP contribution in [0.4, 0.5) is 18.9 Å². The molecule has 17 heteroatoms. The van der Waals surface area contributed by atoms with Crippen molar-refractivity contribution in [2.75, 3.05) is 42.1 Å². The summed E-state index contributed by atoms with van der Waals surface area (Å²) in [5, 5.41) is 19.3. The number of aromatic nitrogens is 2. The topological polar surface area (TPSA) is 164 Å². The summed E-state index contributed by atoms with van der Waals surface area (Å²) in [7, 11) is -7.25. The lowest BCUT2D eigenvalue weighted by molar-refractivity contribution is 0.146. The highest BCUT2D eigenvalue weighted by Crippen LogP contribution is 2.26. The lowest BCUT2D eigenvalue weighted by Crippen LogP contribution is -2.31. The van der Waals surface area contributed by atoms with Crippen LogP contribution in [0.15, 0.2) is 32.8 Å². The molecule has 0 saturated carbocycles. The molecule has 1 aromatic carbocycles. The number of amidine groups is 1. The monoisotopic (exact) mass is 531 g/mol. The van der Waals surface area contributed by atoms with Gasteiger partial charge in [-0.15, -0.1) is 0 Å². The molecular formula is C16H20F3N5O6S3. The number of aliphatic imine (C=N–C) groups is 1. The van der Waals surface area contributed by atoms with Crippen LogP contribution in [0.2, 0.25) is 0 Å². The second-order valence-corrected chi connectivity index (χ2v) is 11.7. The molecule has 1 heterocycles. The molecule has 3 N–H and O–H groups in total. The molecule has 11 nitrogen and oxygen atoms in total. The van der Waals surface area contributed by atoms with Crippen LogP contribution in [0, 0.1) is 5.82 Å². The van der Waals surface area contributed by atoms with Crippen molar-refractivity contribution in [2.24, 2.45) is 4.99 Å². The number of sulfone groups is 1. The van der Waals surface area contributed by atoms with E-state index in [1.807, 2.05) is 0 Å². The highest BCUT2D eigenvalue weighted by atomic mass is 32.2. The first-order valence-corrected chi connectivity index (χ1v) is 13.7. The first kappa shape index (κ1) is 27.0. The Labute approximate surface area is 191 Å². The molecular weight excluding hydrogens is 511 g/mol. The number of nitrogens with one attached hydrogen (secondary N) is 2. The van der Waals surface area contributed by atoms with E-state index in [1.165, 1.54) is 6.07 Å². The molecule has 0 spiro atoms. The van der Waals surface area contributed by atoms with Crippen molar-refractivity contribution >= 4 is 43.1 Å². The summed E-state index contributed by atoms with van der Waals surface area (Å²) < 4.78 is 92.2. The van der Waals surface area contributed by atoms with E-state index in [4.69, 9.17) is 0 Å². The van der Waals surface area contributed by atoms with Crippen molar-refractivity contribution in [3.05, 3.63) is 35.3 Å². The standard InChI is InChI=1S/C16H20F3N5O6S3/c1-32(26,27)6-7-33(28,29)21-4-5-31-16-13(23-30-24-16)15(20-9-25)22-10-2-3-12(17)11(8-10)14(18)19/h2-3,8,14,21,25H,4-7,9H2,1H3,(H,20,22). The number of thioether (sulfide) groups is 1. The van der Waals surface area contributed by atoms with Gasteiger partial charge in [0.2, 0.25) is 10.0 Å². The normalized spacial score (nSPS) is 13.0. The third-order valence-corrected chi connectivity index (χ3v) is 7.33. The molecule has 0 aliphatic heterocycles. The van der Waals surface area contributed by atoms with Gasteiger partial charge in [-0.25, -0.2) is 44.4 Å². The third-order valence-electron chi connectivity index (χ3n) is 3.79. The van der Waals surface area contributed by atoms with Crippen LogP contribution >= 0.6 is 11.8 Å². The van der Waals surface area contributed by atoms with Gasteiger partial charge in [0, 0.05) is 24.2 Å². The van der Waals surface area contributed by atoms with Crippen molar-refractivity contribution in [2.45, 2.75) is 11.5 Å². The predicted octanol–water partition coefficient (Wildman–Crippen LogP) is 1.01. The first-order chi connectivity index (χ1) is 15.4. The van der Waals surface area contributed by atoms with E-state index in [0.717, 1.165) is 30.2 Å². The lowest BCUT2D eigenvalue weighted by Gasteiger charge is -2.10. The summed E-state index contributed by atoms with van der Waals surface area (Å²) in [4.78, 5) is 3.77. The van der Waals surface area contributed by atoms with Crippen molar-refractivity contribution in [3.8, 4) is 0 Å². The maximum Gasteiger partial charge on any atom is 0.266 e. The number of nitrogens with zero attached hydrogens (tertiary/aromatic N) is 3. The largest absolute Gasteiger partial charge is 0.374 e. The number of halogens is 3. The molecule has 0 saturated heterocycles. The molecule has 33 heavy (non-hydrogen) atoms. The van der Waals surface area contributed by atoms with Crippen LogP contribution in [-0.4, -0.2) is 74.9 Å². The maximum atomic E-state index is 13.5. The van der Waals surface area contributed by atoms with E-state index in [0.29, 0.717) is 0 Å². The molecule has 0 aliphatic rings. The molecule has 184 valence electrons. The van der Waals surface area contributed by atoms with Gasteiger partial charge in [-0.3, -0.25) is 0 Å². The first-order valence-electron chi connectivity index (χ1n) is 9.02. The van der Waals surface area contributed by atoms with E-state index in [9.17, 15) is 35.1 Å². The maximum absolute atomic E-state index is 13.5. The average Bonchev–Trinajstić information content (AvgIpc) is 3.18. The summed E-state index contributed by atoms with van der Waals surface area (Å²) in [5.74, 6) is -2.16. The van der Waals surface area contributed by atoms with Gasteiger partial charge in [0.15, 0.2) is 16.6 Å². The van der Waals surface area contributed by atoms with E-state index < -0.39 is 55.9 Å². The molecule has 0 atom stereocenters. The number of benzene rings is 1. The molecule has 0 bridgehead atoms. The molecule has 0 radical (unpaired) electrons. The number of rotatable bonds is 12. The minimum absolute atomic E-state index is 0.00287. The van der Waals surface area contributed by atoms with E-state index in [-0.39, 0.29) is 34.5 Å². The third kappa shape index (κ3) is 8.92. The highest BCUT2D eigenvalue weighted by molar-refractivity contribution is 7.99. The smallest absolute Gasteiger partial charge is 0.266 e. The number of aliphatic hydroxyl groups is 1. The molecule has 2 rings (SSSR count). The van der Waals surface area contributed by atoms with Gasteiger partial charge in [0.25, 0.3) is 6.43 Å². The van der Waals surface area contributed by atoms with Gasteiger partial charge in [-0.05, 0) is 28.5 Å². The number of hydrogen-bond donors (Lipinski definition) is 3. The van der Waals surface area contributed by atoms with E-state index >= 15 is 0 Å². The van der Waals surface area contributed by atoms with Gasteiger partial charge in [-0.2, -0.15) is 0 Å². The fourth-order valence-electron chi connectivity index (χ4n) is 2.27. The zero-order valence-corrected chi connectivity index (χ0v) is 19.5. The molecule has 0 amide bonds. The number of hydrogen-bond acceptors (Lipinski definition) is 10. The Morgan fingerprint density at radius 1 is 1.24 bits per heavy atom. The zero-order valence-electron chi connectivity index (χ0n) is 17.0. The summed E-state index contributed by atoms with van der Waals surface area (Å²) >= 11 is 0.998. The number of alkyl halides is 2. The fraction of sp³-hybridized carbons (Fsp3) is 0.438. The van der Waals surface area contributed by atoms with Gasteiger partial charge < -0.3 is 10.4 Å². The van der Waals surface area contributed by atoms with Gasteiger partial charge >= 0.3 is 0 Å². The Balaban J connectivity index is 2.04. The quantitative estimate of drug-likeness (QED) is 0.156. The lowest BCUT2D eigenvalue weighted by atomic mass is 10.2. The summed E-state index contributed by atoms with van der Waals surface area (Å²) in [6.45, 7) is -0.777. The molecule has 0 fully saturated rings. The number of aliphatic hydroxyl groups excluding tert-OH is 1. The second kappa shape index (κ2) is 11.8. The molecule has 0 unspecified atom stereocenters. The SMILES string of the molecule is CS(=O)(=O)CCS(=O)(=O)NCCSc1nonc1/C(=N/CO)Nc1ccc(F)c(C(F)F)c1. The Kier molecular flexibility index (Phi) is 9.65. The van der Waals surface area contributed by atoms with Crippen LogP contribution in [-0.2, 0) is 19.9 Å². The van der Waals surface area contributed by atoms with Gasteiger partial charge in [0.1, 0.15) is 22.4 Å². The minimum Gasteiger partial charge on any atom is -0.374 e. The Bertz CT molecular complexity index is 1190. The fourth-order valence-corrected chi connectivity index (χ4v) is 5.80. The second-order valence-electron chi connectivity index (χ2n) is 6.42.